The fourth-order valence-electron chi connectivity index (χ4n) is 3.84. The average Bonchev–Trinajstić information content (AvgIpc) is 3.16. The molecule has 1 aromatic heterocycles. The number of aryl methyl sites for hydroxylation is 1. The van der Waals surface area contributed by atoms with E-state index in [1.807, 2.05) is 12.3 Å². The average molecular weight is 326 g/mol. The van der Waals surface area contributed by atoms with Crippen LogP contribution in [0.5, 0.6) is 5.75 Å². The molecule has 1 aliphatic heterocycles. The van der Waals surface area contributed by atoms with Gasteiger partial charge in [-0.3, -0.25) is 9.88 Å². The van der Waals surface area contributed by atoms with Crippen molar-refractivity contribution in [2.45, 2.75) is 71.9 Å². The standard InChI is InChI=1S/C18H22N2O.C3H8/c1-2-13-10-14-11-20(15-6-3-4-7-15)12-21-18(14)17-16(13)8-5-9-19-17;1-3-2/h5,8-10,15H,2-4,6-7,11-12H2,1H3;3H2,1-2H3. The Morgan fingerprint density at radius 3 is 2.67 bits per heavy atom. The van der Waals surface area contributed by atoms with E-state index in [2.05, 4.69) is 42.8 Å². The topological polar surface area (TPSA) is 25.4 Å². The lowest BCUT2D eigenvalue weighted by Crippen LogP contribution is -2.39. The van der Waals surface area contributed by atoms with Crippen LogP contribution in [-0.4, -0.2) is 22.7 Å². The van der Waals surface area contributed by atoms with Crippen molar-refractivity contribution in [3.8, 4) is 5.75 Å². The van der Waals surface area contributed by atoms with Crippen molar-refractivity contribution >= 4 is 10.9 Å². The third-order valence-corrected chi connectivity index (χ3v) is 4.98. The van der Waals surface area contributed by atoms with Crippen molar-refractivity contribution in [2.24, 2.45) is 0 Å². The van der Waals surface area contributed by atoms with Crippen molar-refractivity contribution in [1.29, 1.82) is 0 Å². The maximum atomic E-state index is 6.12. The minimum Gasteiger partial charge on any atom is -0.475 e. The van der Waals surface area contributed by atoms with Crippen molar-refractivity contribution in [3.05, 3.63) is 35.5 Å². The van der Waals surface area contributed by atoms with Gasteiger partial charge in [0.25, 0.3) is 0 Å². The van der Waals surface area contributed by atoms with E-state index in [1.165, 1.54) is 48.6 Å². The number of hydrogen-bond donors (Lipinski definition) is 0. The molecule has 4 rings (SSSR count). The second-order valence-corrected chi connectivity index (χ2v) is 6.94. The van der Waals surface area contributed by atoms with Gasteiger partial charge in [0, 0.05) is 29.7 Å². The van der Waals surface area contributed by atoms with Crippen LogP contribution in [0.4, 0.5) is 0 Å². The minimum absolute atomic E-state index is 0.711. The molecule has 24 heavy (non-hydrogen) atoms. The molecule has 2 aliphatic rings. The van der Waals surface area contributed by atoms with Crippen LogP contribution < -0.4 is 4.74 Å². The first-order chi connectivity index (χ1) is 11.8. The van der Waals surface area contributed by atoms with Crippen LogP contribution in [0.25, 0.3) is 10.9 Å². The molecule has 3 nitrogen and oxygen atoms in total. The van der Waals surface area contributed by atoms with Gasteiger partial charge in [0.15, 0.2) is 5.75 Å². The van der Waals surface area contributed by atoms with Gasteiger partial charge in [-0.2, -0.15) is 0 Å². The lowest BCUT2D eigenvalue weighted by molar-refractivity contribution is 0.0590. The highest BCUT2D eigenvalue weighted by atomic mass is 16.5. The number of rotatable bonds is 2. The highest BCUT2D eigenvalue weighted by Gasteiger charge is 2.28. The summed E-state index contributed by atoms with van der Waals surface area (Å²) in [7, 11) is 0. The Morgan fingerprint density at radius 2 is 1.96 bits per heavy atom. The Labute approximate surface area is 146 Å². The molecule has 0 unspecified atom stereocenters. The summed E-state index contributed by atoms with van der Waals surface area (Å²) in [5, 5.41) is 1.24. The third-order valence-electron chi connectivity index (χ3n) is 4.98. The summed E-state index contributed by atoms with van der Waals surface area (Å²) in [6.45, 7) is 8.20. The molecule has 0 radical (unpaired) electrons. The maximum Gasteiger partial charge on any atom is 0.152 e. The predicted molar refractivity (Wildman–Crippen MR) is 100 cm³/mol. The van der Waals surface area contributed by atoms with Crippen molar-refractivity contribution in [3.63, 3.8) is 0 Å². The van der Waals surface area contributed by atoms with E-state index in [4.69, 9.17) is 4.74 Å². The Morgan fingerprint density at radius 1 is 1.21 bits per heavy atom. The molecule has 2 heterocycles. The smallest absolute Gasteiger partial charge is 0.152 e. The summed E-state index contributed by atoms with van der Waals surface area (Å²) in [5.41, 5.74) is 3.74. The van der Waals surface area contributed by atoms with Crippen LogP contribution in [-0.2, 0) is 13.0 Å². The van der Waals surface area contributed by atoms with Gasteiger partial charge in [-0.15, -0.1) is 0 Å². The highest BCUT2D eigenvalue weighted by Crippen LogP contribution is 2.37. The fourth-order valence-corrected chi connectivity index (χ4v) is 3.84. The number of pyridine rings is 1. The molecule has 3 heteroatoms. The normalized spacial score (nSPS) is 18.0. The molecule has 0 N–H and O–H groups in total. The first-order valence-corrected chi connectivity index (χ1v) is 9.54. The maximum absolute atomic E-state index is 6.12. The van der Waals surface area contributed by atoms with Gasteiger partial charge >= 0.3 is 0 Å². The van der Waals surface area contributed by atoms with Crippen molar-refractivity contribution < 1.29 is 4.74 Å². The second-order valence-electron chi connectivity index (χ2n) is 6.94. The largest absolute Gasteiger partial charge is 0.475 e. The number of nitrogens with zero attached hydrogens (tertiary/aromatic N) is 2. The Balaban J connectivity index is 0.000000526. The molecule has 0 amide bonds. The molecular formula is C21H30N2O. The molecule has 0 saturated heterocycles. The summed E-state index contributed by atoms with van der Waals surface area (Å²) in [5.74, 6) is 1.01. The van der Waals surface area contributed by atoms with Gasteiger partial charge in [0.1, 0.15) is 12.2 Å². The predicted octanol–water partition coefficient (Wildman–Crippen LogP) is 5.31. The molecule has 0 atom stereocenters. The zero-order valence-electron chi connectivity index (χ0n) is 15.3. The van der Waals surface area contributed by atoms with Crippen LogP contribution >= 0.6 is 0 Å². The van der Waals surface area contributed by atoms with Crippen molar-refractivity contribution in [2.75, 3.05) is 6.73 Å². The van der Waals surface area contributed by atoms with Crippen LogP contribution in [0.15, 0.2) is 24.4 Å². The quantitative estimate of drug-likeness (QED) is 0.748. The molecule has 2 aromatic rings. The van der Waals surface area contributed by atoms with E-state index in [0.717, 1.165) is 31.0 Å². The van der Waals surface area contributed by atoms with E-state index < -0.39 is 0 Å². The van der Waals surface area contributed by atoms with Gasteiger partial charge < -0.3 is 4.74 Å². The lowest BCUT2D eigenvalue weighted by Gasteiger charge is -2.34. The van der Waals surface area contributed by atoms with Crippen LogP contribution in [0.2, 0.25) is 0 Å². The summed E-state index contributed by atoms with van der Waals surface area (Å²) in [6.07, 6.45) is 9.55. The second kappa shape index (κ2) is 7.98. The van der Waals surface area contributed by atoms with Crippen LogP contribution in [0.1, 0.15) is 64.0 Å². The minimum atomic E-state index is 0.711. The molecule has 1 aliphatic carbocycles. The Kier molecular flexibility index (Phi) is 5.72. The Hall–Kier alpha value is -1.61. The zero-order chi connectivity index (χ0) is 16.9. The summed E-state index contributed by atoms with van der Waals surface area (Å²) in [6, 6.07) is 7.22. The fraction of sp³-hybridized carbons (Fsp3) is 0.571. The first-order valence-electron chi connectivity index (χ1n) is 9.54. The molecule has 0 spiro atoms. The zero-order valence-corrected chi connectivity index (χ0v) is 15.3. The first kappa shape index (κ1) is 17.2. The SMILES string of the molecule is CCC.CCc1cc2c(c3ncccc13)OCN(C1CCCC1)C2. The lowest BCUT2D eigenvalue weighted by atomic mass is 9.99. The molecular weight excluding hydrogens is 296 g/mol. The number of ether oxygens (including phenoxy) is 1. The number of benzene rings is 1. The van der Waals surface area contributed by atoms with Crippen LogP contribution in [0.3, 0.4) is 0 Å². The third kappa shape index (κ3) is 3.41. The molecule has 1 aromatic carbocycles. The van der Waals surface area contributed by atoms with E-state index in [0.29, 0.717) is 6.04 Å². The summed E-state index contributed by atoms with van der Waals surface area (Å²) >= 11 is 0. The van der Waals surface area contributed by atoms with Gasteiger partial charge in [-0.05, 0) is 30.9 Å². The highest BCUT2D eigenvalue weighted by molar-refractivity contribution is 5.89. The van der Waals surface area contributed by atoms with Gasteiger partial charge in [-0.25, -0.2) is 0 Å². The summed E-state index contributed by atoms with van der Waals surface area (Å²) in [4.78, 5) is 7.09. The number of hydrogen-bond acceptors (Lipinski definition) is 3. The molecule has 1 saturated carbocycles. The van der Waals surface area contributed by atoms with Gasteiger partial charge in [-0.1, -0.05) is 52.2 Å². The number of fused-ring (bicyclic) bond motifs is 3. The van der Waals surface area contributed by atoms with E-state index >= 15 is 0 Å². The Bertz CT molecular complexity index is 677. The molecule has 1 fully saturated rings. The van der Waals surface area contributed by atoms with Gasteiger partial charge in [0.05, 0.1) is 0 Å². The van der Waals surface area contributed by atoms with E-state index in [9.17, 15) is 0 Å². The van der Waals surface area contributed by atoms with E-state index in [1.54, 1.807) is 0 Å². The number of aromatic nitrogens is 1. The van der Waals surface area contributed by atoms with Crippen LogP contribution in [0, 0.1) is 0 Å². The molecule has 130 valence electrons. The van der Waals surface area contributed by atoms with Crippen molar-refractivity contribution in [1.82, 2.24) is 9.88 Å². The summed E-state index contributed by atoms with van der Waals surface area (Å²) < 4.78 is 6.12. The van der Waals surface area contributed by atoms with Gasteiger partial charge in [0.2, 0.25) is 0 Å². The molecule has 0 bridgehead atoms. The monoisotopic (exact) mass is 326 g/mol. The van der Waals surface area contributed by atoms with E-state index in [-0.39, 0.29) is 0 Å².